The van der Waals surface area contributed by atoms with Gasteiger partial charge >= 0.3 is 0 Å². The van der Waals surface area contributed by atoms with Crippen molar-refractivity contribution in [3.63, 3.8) is 0 Å². The minimum atomic E-state index is 0.0161. The van der Waals surface area contributed by atoms with Gasteiger partial charge in [0.05, 0.1) is 6.04 Å². The van der Waals surface area contributed by atoms with Gasteiger partial charge in [-0.05, 0) is 42.7 Å². The number of aryl methyl sites for hydroxylation is 2. The number of halogens is 1. The van der Waals surface area contributed by atoms with Crippen LogP contribution in [-0.2, 0) is 0 Å². The Kier molecular flexibility index (Phi) is 4.17. The van der Waals surface area contributed by atoms with Crippen LogP contribution in [0.1, 0.15) is 28.3 Å². The van der Waals surface area contributed by atoms with Crippen LogP contribution in [0.25, 0.3) is 0 Å². The summed E-state index contributed by atoms with van der Waals surface area (Å²) < 4.78 is 1.07. The van der Waals surface area contributed by atoms with Gasteiger partial charge in [0.2, 0.25) is 0 Å². The summed E-state index contributed by atoms with van der Waals surface area (Å²) in [5, 5.41) is 0. The molecule has 0 radical (unpaired) electrons. The summed E-state index contributed by atoms with van der Waals surface area (Å²) in [5.74, 6) is 5.74. The van der Waals surface area contributed by atoms with E-state index < -0.39 is 0 Å². The Hall–Kier alpha value is -1.16. The summed E-state index contributed by atoms with van der Waals surface area (Å²) in [6, 6.07) is 14.7. The lowest BCUT2D eigenvalue weighted by Crippen LogP contribution is -2.29. The Morgan fingerprint density at radius 1 is 1.11 bits per heavy atom. The molecule has 0 saturated heterocycles. The van der Waals surface area contributed by atoms with Crippen molar-refractivity contribution in [2.75, 3.05) is 0 Å². The predicted octanol–water partition coefficient (Wildman–Crippen LogP) is 3.62. The molecule has 0 saturated carbocycles. The monoisotopic (exact) mass is 304 g/mol. The van der Waals surface area contributed by atoms with Gasteiger partial charge in [-0.15, -0.1) is 0 Å². The molecule has 0 bridgehead atoms. The van der Waals surface area contributed by atoms with E-state index in [4.69, 9.17) is 5.84 Å². The first kappa shape index (κ1) is 13.3. The molecule has 1 atom stereocenters. The quantitative estimate of drug-likeness (QED) is 0.671. The summed E-state index contributed by atoms with van der Waals surface area (Å²) in [4.78, 5) is 0. The zero-order valence-corrected chi connectivity index (χ0v) is 12.2. The van der Waals surface area contributed by atoms with Crippen molar-refractivity contribution in [3.05, 3.63) is 69.2 Å². The maximum Gasteiger partial charge on any atom is 0.0713 e. The fourth-order valence-corrected chi connectivity index (χ4v) is 2.52. The average Bonchev–Trinajstić information content (AvgIpc) is 2.35. The second-order valence-corrected chi connectivity index (χ2v) is 5.43. The Bertz CT molecular complexity index is 552. The standard InChI is InChI=1S/C15H17BrN2/c1-10-4-3-5-12(8-10)15(18-17)14-9-13(16)7-6-11(14)2/h3-9,15,18H,17H2,1-2H3. The molecule has 2 nitrogen and oxygen atoms in total. The Morgan fingerprint density at radius 3 is 2.56 bits per heavy atom. The largest absolute Gasteiger partial charge is 0.271 e. The van der Waals surface area contributed by atoms with Crippen molar-refractivity contribution in [1.29, 1.82) is 0 Å². The first-order valence-electron chi connectivity index (χ1n) is 5.90. The van der Waals surface area contributed by atoms with Gasteiger partial charge in [-0.3, -0.25) is 5.84 Å². The van der Waals surface area contributed by atoms with Crippen LogP contribution in [0.4, 0.5) is 0 Å². The van der Waals surface area contributed by atoms with Crippen LogP contribution in [0.15, 0.2) is 46.9 Å². The highest BCUT2D eigenvalue weighted by atomic mass is 79.9. The van der Waals surface area contributed by atoms with Crippen molar-refractivity contribution in [3.8, 4) is 0 Å². The van der Waals surface area contributed by atoms with Gasteiger partial charge < -0.3 is 0 Å². The third kappa shape index (κ3) is 2.80. The van der Waals surface area contributed by atoms with Crippen LogP contribution in [0, 0.1) is 13.8 Å². The van der Waals surface area contributed by atoms with E-state index in [1.54, 1.807) is 0 Å². The van der Waals surface area contributed by atoms with Gasteiger partial charge in [-0.1, -0.05) is 51.8 Å². The number of rotatable bonds is 3. The Morgan fingerprint density at radius 2 is 1.89 bits per heavy atom. The molecule has 3 N–H and O–H groups in total. The molecule has 2 rings (SSSR count). The molecule has 2 aromatic carbocycles. The van der Waals surface area contributed by atoms with E-state index in [1.165, 1.54) is 22.3 Å². The average molecular weight is 305 g/mol. The highest BCUT2D eigenvalue weighted by Crippen LogP contribution is 2.27. The van der Waals surface area contributed by atoms with Crippen molar-refractivity contribution < 1.29 is 0 Å². The van der Waals surface area contributed by atoms with Crippen molar-refractivity contribution in [2.45, 2.75) is 19.9 Å². The number of nitrogens with two attached hydrogens (primary N) is 1. The third-order valence-corrected chi connectivity index (χ3v) is 3.59. The van der Waals surface area contributed by atoms with Crippen LogP contribution in [0.5, 0.6) is 0 Å². The fourth-order valence-electron chi connectivity index (χ4n) is 2.14. The van der Waals surface area contributed by atoms with E-state index in [1.807, 2.05) is 6.07 Å². The van der Waals surface area contributed by atoms with Crippen LogP contribution < -0.4 is 11.3 Å². The smallest absolute Gasteiger partial charge is 0.0713 e. The van der Waals surface area contributed by atoms with E-state index in [-0.39, 0.29) is 6.04 Å². The molecule has 0 aliphatic carbocycles. The molecule has 0 heterocycles. The molecule has 0 fully saturated rings. The molecular weight excluding hydrogens is 288 g/mol. The molecule has 3 heteroatoms. The topological polar surface area (TPSA) is 38.0 Å². The van der Waals surface area contributed by atoms with Crippen LogP contribution in [-0.4, -0.2) is 0 Å². The van der Waals surface area contributed by atoms with Gasteiger partial charge in [0.1, 0.15) is 0 Å². The van der Waals surface area contributed by atoms with Gasteiger partial charge in [0.15, 0.2) is 0 Å². The van der Waals surface area contributed by atoms with Crippen molar-refractivity contribution in [2.24, 2.45) is 5.84 Å². The normalized spacial score (nSPS) is 12.4. The molecule has 0 spiro atoms. The lowest BCUT2D eigenvalue weighted by molar-refractivity contribution is 0.633. The van der Waals surface area contributed by atoms with Crippen LogP contribution >= 0.6 is 15.9 Å². The number of nitrogens with one attached hydrogen (secondary N) is 1. The zero-order valence-electron chi connectivity index (χ0n) is 10.6. The van der Waals surface area contributed by atoms with E-state index in [0.29, 0.717) is 0 Å². The highest BCUT2D eigenvalue weighted by Gasteiger charge is 2.14. The summed E-state index contributed by atoms with van der Waals surface area (Å²) in [7, 11) is 0. The SMILES string of the molecule is Cc1cccc(C(NN)c2cc(Br)ccc2C)c1. The molecule has 18 heavy (non-hydrogen) atoms. The van der Waals surface area contributed by atoms with E-state index in [0.717, 1.165) is 4.47 Å². The molecule has 2 aromatic rings. The Balaban J connectivity index is 2.48. The lowest BCUT2D eigenvalue weighted by Gasteiger charge is -2.20. The number of hydrazine groups is 1. The van der Waals surface area contributed by atoms with Crippen LogP contribution in [0.2, 0.25) is 0 Å². The fraction of sp³-hybridized carbons (Fsp3) is 0.200. The van der Waals surface area contributed by atoms with E-state index in [9.17, 15) is 0 Å². The van der Waals surface area contributed by atoms with Gasteiger partial charge in [-0.2, -0.15) is 0 Å². The molecule has 0 aromatic heterocycles. The maximum atomic E-state index is 5.74. The highest BCUT2D eigenvalue weighted by molar-refractivity contribution is 9.10. The van der Waals surface area contributed by atoms with Crippen molar-refractivity contribution in [1.82, 2.24) is 5.43 Å². The van der Waals surface area contributed by atoms with E-state index in [2.05, 4.69) is 71.6 Å². The molecule has 1 unspecified atom stereocenters. The number of hydrogen-bond donors (Lipinski definition) is 2. The molecule has 94 valence electrons. The van der Waals surface area contributed by atoms with E-state index >= 15 is 0 Å². The number of hydrogen-bond acceptors (Lipinski definition) is 2. The second-order valence-electron chi connectivity index (χ2n) is 4.51. The summed E-state index contributed by atoms with van der Waals surface area (Å²) in [5.41, 5.74) is 7.74. The van der Waals surface area contributed by atoms with Crippen LogP contribution in [0.3, 0.4) is 0 Å². The molecule has 0 aliphatic heterocycles. The third-order valence-electron chi connectivity index (χ3n) is 3.09. The van der Waals surface area contributed by atoms with Crippen molar-refractivity contribution >= 4 is 15.9 Å². The first-order chi connectivity index (χ1) is 8.61. The summed E-state index contributed by atoms with van der Waals surface area (Å²) in [6.45, 7) is 4.19. The minimum Gasteiger partial charge on any atom is -0.271 e. The summed E-state index contributed by atoms with van der Waals surface area (Å²) in [6.07, 6.45) is 0. The molecule has 0 amide bonds. The zero-order chi connectivity index (χ0) is 13.1. The predicted molar refractivity (Wildman–Crippen MR) is 79.2 cm³/mol. The maximum absolute atomic E-state index is 5.74. The molecular formula is C15H17BrN2. The number of benzene rings is 2. The van der Waals surface area contributed by atoms with Gasteiger partial charge in [0, 0.05) is 4.47 Å². The Labute approximate surface area is 116 Å². The summed E-state index contributed by atoms with van der Waals surface area (Å²) >= 11 is 3.51. The second kappa shape index (κ2) is 5.65. The first-order valence-corrected chi connectivity index (χ1v) is 6.70. The van der Waals surface area contributed by atoms with Gasteiger partial charge in [-0.25, -0.2) is 5.43 Å². The molecule has 0 aliphatic rings. The van der Waals surface area contributed by atoms with Gasteiger partial charge in [0.25, 0.3) is 0 Å². The lowest BCUT2D eigenvalue weighted by atomic mass is 9.95. The minimum absolute atomic E-state index is 0.0161.